The molecule has 4 saturated carbocycles. The van der Waals surface area contributed by atoms with E-state index in [1.165, 1.54) is 25.7 Å². The van der Waals surface area contributed by atoms with Crippen LogP contribution in [-0.2, 0) is 4.74 Å². The second kappa shape index (κ2) is 7.21. The van der Waals surface area contributed by atoms with Gasteiger partial charge in [0, 0.05) is 13.7 Å². The highest BCUT2D eigenvalue weighted by Crippen LogP contribution is 2.68. The monoisotopic (exact) mass is 394 g/mol. The maximum atomic E-state index is 11.5. The van der Waals surface area contributed by atoms with Crippen LogP contribution in [0.5, 0.6) is 0 Å². The summed E-state index contributed by atoms with van der Waals surface area (Å²) in [5.74, 6) is 2.97. The van der Waals surface area contributed by atoms with Gasteiger partial charge in [0.1, 0.15) is 0 Å². The summed E-state index contributed by atoms with van der Waals surface area (Å²) in [4.78, 5) is 0. The number of aliphatic hydroxyl groups excluding tert-OH is 2. The highest BCUT2D eigenvalue weighted by Gasteiger charge is 2.64. The lowest BCUT2D eigenvalue weighted by Gasteiger charge is -2.63. The molecule has 4 heteroatoms. The molecule has 0 aromatic heterocycles. The number of rotatable bonds is 4. The number of aliphatic hydroxyl groups is 3. The number of methoxy groups -OCH3 is 1. The van der Waals surface area contributed by atoms with Crippen molar-refractivity contribution in [2.75, 3.05) is 20.3 Å². The first-order valence-corrected chi connectivity index (χ1v) is 11.7. The van der Waals surface area contributed by atoms with Gasteiger partial charge in [-0.2, -0.15) is 0 Å². The predicted molar refractivity (Wildman–Crippen MR) is 110 cm³/mol. The van der Waals surface area contributed by atoms with Crippen molar-refractivity contribution < 1.29 is 20.1 Å². The molecule has 10 atom stereocenters. The van der Waals surface area contributed by atoms with Crippen molar-refractivity contribution in [3.8, 4) is 0 Å². The molecule has 4 aliphatic carbocycles. The van der Waals surface area contributed by atoms with Gasteiger partial charge in [-0.05, 0) is 97.7 Å². The molecule has 0 saturated heterocycles. The molecule has 4 fully saturated rings. The van der Waals surface area contributed by atoms with E-state index < -0.39 is 5.60 Å². The first kappa shape index (κ1) is 21.1. The quantitative estimate of drug-likeness (QED) is 0.681. The highest BCUT2D eigenvalue weighted by molar-refractivity contribution is 5.13. The maximum Gasteiger partial charge on any atom is 0.0883 e. The predicted octanol–water partition coefficient (Wildman–Crippen LogP) is 3.62. The molecule has 162 valence electrons. The molecule has 0 amide bonds. The Hall–Kier alpha value is -0.160. The van der Waals surface area contributed by atoms with E-state index in [0.29, 0.717) is 42.1 Å². The van der Waals surface area contributed by atoms with Crippen molar-refractivity contribution in [3.63, 3.8) is 0 Å². The van der Waals surface area contributed by atoms with Crippen molar-refractivity contribution in [2.24, 2.45) is 46.3 Å². The van der Waals surface area contributed by atoms with Crippen LogP contribution < -0.4 is 0 Å². The molecule has 3 N–H and O–H groups in total. The second-order valence-electron chi connectivity index (χ2n) is 11.6. The highest BCUT2D eigenvalue weighted by atomic mass is 16.5. The fourth-order valence-electron chi connectivity index (χ4n) is 8.95. The lowest BCUT2D eigenvalue weighted by molar-refractivity contribution is -0.198. The third-order valence-electron chi connectivity index (χ3n) is 10.2. The number of ether oxygens (including phenoxy) is 1. The van der Waals surface area contributed by atoms with E-state index in [0.717, 1.165) is 25.7 Å². The van der Waals surface area contributed by atoms with Gasteiger partial charge in [-0.3, -0.25) is 0 Å². The van der Waals surface area contributed by atoms with Gasteiger partial charge in [0.05, 0.1) is 18.3 Å². The van der Waals surface area contributed by atoms with Gasteiger partial charge < -0.3 is 20.1 Å². The number of hydrogen-bond acceptors (Lipinski definition) is 4. The Morgan fingerprint density at radius 3 is 2.46 bits per heavy atom. The average molecular weight is 395 g/mol. The Balaban J connectivity index is 1.60. The minimum absolute atomic E-state index is 0.129. The van der Waals surface area contributed by atoms with Gasteiger partial charge in [0.25, 0.3) is 0 Å². The van der Waals surface area contributed by atoms with Crippen LogP contribution in [-0.4, -0.2) is 47.3 Å². The normalized spacial score (nSPS) is 54.5. The molecule has 0 heterocycles. The molecule has 0 aliphatic heterocycles. The first-order chi connectivity index (χ1) is 13.2. The van der Waals surface area contributed by atoms with E-state index in [1.807, 2.05) is 0 Å². The fraction of sp³-hybridized carbons (Fsp3) is 1.00. The van der Waals surface area contributed by atoms with Crippen LogP contribution >= 0.6 is 0 Å². The van der Waals surface area contributed by atoms with Gasteiger partial charge in [0.2, 0.25) is 0 Å². The summed E-state index contributed by atoms with van der Waals surface area (Å²) >= 11 is 0. The summed E-state index contributed by atoms with van der Waals surface area (Å²) in [7, 11) is 1.68. The number of hydrogen-bond donors (Lipinski definition) is 3. The average Bonchev–Trinajstić information content (AvgIpc) is 2.98. The SMILES string of the molecule is COC[C@@]1(O)CC[C@@]2(C)[C@H](CC[C@@H]3[C@@H]2[C@@H](O)C[C@]2(C)[C@@H](C(C)CO)CC[C@@H]32)C1. The van der Waals surface area contributed by atoms with Crippen LogP contribution in [0, 0.1) is 46.3 Å². The Kier molecular flexibility index (Phi) is 5.43. The van der Waals surface area contributed by atoms with Crippen LogP contribution in [0.2, 0.25) is 0 Å². The molecule has 4 nitrogen and oxygen atoms in total. The van der Waals surface area contributed by atoms with E-state index in [4.69, 9.17) is 4.74 Å². The summed E-state index contributed by atoms with van der Waals surface area (Å²) in [5, 5.41) is 32.3. The fourth-order valence-corrected chi connectivity index (χ4v) is 8.95. The smallest absolute Gasteiger partial charge is 0.0883 e. The molecule has 0 aromatic rings. The molecular weight excluding hydrogens is 352 g/mol. The minimum atomic E-state index is -0.686. The van der Waals surface area contributed by atoms with Crippen LogP contribution in [0.3, 0.4) is 0 Å². The standard InChI is InChI=1S/C24H42O4/c1-15(13-25)18-7-8-19-17-6-5-16-11-24(27,14-28-4)10-9-22(16,2)21(17)20(26)12-23(18,19)3/h15-21,25-27H,5-14H2,1-4H3/t15?,16-,17+,18-,19+,20+,21-,22+,23-,24-/m1/s1. The zero-order chi connectivity index (χ0) is 20.3. The van der Waals surface area contributed by atoms with Crippen molar-refractivity contribution >= 4 is 0 Å². The van der Waals surface area contributed by atoms with E-state index >= 15 is 0 Å². The summed E-state index contributed by atoms with van der Waals surface area (Å²) in [5.41, 5.74) is -0.392. The topological polar surface area (TPSA) is 69.9 Å². The van der Waals surface area contributed by atoms with Gasteiger partial charge in [0.15, 0.2) is 0 Å². The summed E-state index contributed by atoms with van der Waals surface area (Å²) < 4.78 is 5.32. The summed E-state index contributed by atoms with van der Waals surface area (Å²) in [6.45, 7) is 7.70. The molecule has 28 heavy (non-hydrogen) atoms. The zero-order valence-electron chi connectivity index (χ0n) is 18.4. The number of fused-ring (bicyclic) bond motifs is 5. The van der Waals surface area contributed by atoms with E-state index in [-0.39, 0.29) is 23.5 Å². The first-order valence-electron chi connectivity index (χ1n) is 11.7. The Morgan fingerprint density at radius 2 is 1.79 bits per heavy atom. The lowest BCUT2D eigenvalue weighted by atomic mass is 9.43. The largest absolute Gasteiger partial charge is 0.396 e. The lowest BCUT2D eigenvalue weighted by Crippen LogP contribution is -2.61. The Bertz CT molecular complexity index is 581. The van der Waals surface area contributed by atoms with Crippen molar-refractivity contribution in [1.82, 2.24) is 0 Å². The van der Waals surface area contributed by atoms with E-state index in [2.05, 4.69) is 20.8 Å². The van der Waals surface area contributed by atoms with E-state index in [1.54, 1.807) is 7.11 Å². The van der Waals surface area contributed by atoms with Gasteiger partial charge >= 0.3 is 0 Å². The molecule has 4 rings (SSSR count). The van der Waals surface area contributed by atoms with Crippen LogP contribution in [0.1, 0.15) is 72.1 Å². The van der Waals surface area contributed by atoms with Crippen molar-refractivity contribution in [3.05, 3.63) is 0 Å². The third-order valence-corrected chi connectivity index (χ3v) is 10.2. The third kappa shape index (κ3) is 3.01. The zero-order valence-corrected chi connectivity index (χ0v) is 18.4. The summed E-state index contributed by atoms with van der Waals surface area (Å²) in [6, 6.07) is 0. The Labute approximate surface area is 171 Å². The Morgan fingerprint density at radius 1 is 1.04 bits per heavy atom. The maximum absolute atomic E-state index is 11.5. The molecular formula is C24H42O4. The van der Waals surface area contributed by atoms with Crippen LogP contribution in [0.15, 0.2) is 0 Å². The van der Waals surface area contributed by atoms with Crippen molar-refractivity contribution in [1.29, 1.82) is 0 Å². The van der Waals surface area contributed by atoms with Crippen LogP contribution in [0.25, 0.3) is 0 Å². The molecule has 0 radical (unpaired) electrons. The van der Waals surface area contributed by atoms with Gasteiger partial charge in [-0.25, -0.2) is 0 Å². The molecule has 4 aliphatic rings. The second-order valence-corrected chi connectivity index (χ2v) is 11.6. The van der Waals surface area contributed by atoms with E-state index in [9.17, 15) is 15.3 Å². The molecule has 0 bridgehead atoms. The molecule has 0 spiro atoms. The van der Waals surface area contributed by atoms with Gasteiger partial charge in [-0.15, -0.1) is 0 Å². The summed E-state index contributed by atoms with van der Waals surface area (Å²) in [6.07, 6.45) is 8.05. The van der Waals surface area contributed by atoms with Crippen LogP contribution in [0.4, 0.5) is 0 Å². The molecule has 1 unspecified atom stereocenters. The molecule has 0 aromatic carbocycles. The van der Waals surface area contributed by atoms with Crippen molar-refractivity contribution in [2.45, 2.75) is 83.8 Å². The minimum Gasteiger partial charge on any atom is -0.396 e. The van der Waals surface area contributed by atoms with Gasteiger partial charge in [-0.1, -0.05) is 20.8 Å².